The van der Waals surface area contributed by atoms with Gasteiger partial charge in [-0.05, 0) is 31.7 Å². The summed E-state index contributed by atoms with van der Waals surface area (Å²) in [5, 5.41) is 0. The van der Waals surface area contributed by atoms with Crippen molar-refractivity contribution in [3.8, 4) is 0 Å². The first-order valence-electron chi connectivity index (χ1n) is 5.76. The molecule has 0 unspecified atom stereocenters. The second-order valence-corrected chi connectivity index (χ2v) is 4.23. The number of hydrogen-bond donors (Lipinski definition) is 1. The van der Waals surface area contributed by atoms with E-state index in [1.165, 1.54) is 12.8 Å². The summed E-state index contributed by atoms with van der Waals surface area (Å²) in [6.07, 6.45) is 3.94. The number of nitrogens with zero attached hydrogens (tertiary/aromatic N) is 1. The average molecular weight is 214 g/mol. The van der Waals surface area contributed by atoms with E-state index >= 15 is 0 Å². The van der Waals surface area contributed by atoms with Crippen molar-refractivity contribution in [3.63, 3.8) is 0 Å². The van der Waals surface area contributed by atoms with Crippen molar-refractivity contribution < 1.29 is 9.53 Å². The van der Waals surface area contributed by atoms with Crippen molar-refractivity contribution in [2.45, 2.75) is 25.7 Å². The molecule has 1 rings (SSSR count). The van der Waals surface area contributed by atoms with Crippen molar-refractivity contribution in [2.24, 2.45) is 11.7 Å². The minimum atomic E-state index is 0.162. The third kappa shape index (κ3) is 5.74. The van der Waals surface area contributed by atoms with Gasteiger partial charge in [0.15, 0.2) is 0 Å². The van der Waals surface area contributed by atoms with E-state index in [1.54, 1.807) is 4.90 Å². The summed E-state index contributed by atoms with van der Waals surface area (Å²) in [7, 11) is 1.82. The number of carbonyl (C=O) groups is 1. The maximum atomic E-state index is 11.5. The molecule has 0 heterocycles. The van der Waals surface area contributed by atoms with Gasteiger partial charge in [-0.3, -0.25) is 4.79 Å². The molecule has 1 fully saturated rings. The SMILES string of the molecule is CN(CCOCC1CC1)C(=O)CCCN. The minimum Gasteiger partial charge on any atom is -0.379 e. The smallest absolute Gasteiger partial charge is 0.222 e. The molecular formula is C11H22N2O2. The van der Waals surface area contributed by atoms with Crippen molar-refractivity contribution >= 4 is 5.91 Å². The highest BCUT2D eigenvalue weighted by Gasteiger charge is 2.21. The predicted octanol–water partition coefficient (Wildman–Crippen LogP) is 0.610. The number of likely N-dealkylation sites (N-methyl/N-ethyl adjacent to an activating group) is 1. The fourth-order valence-electron chi connectivity index (χ4n) is 1.30. The van der Waals surface area contributed by atoms with Gasteiger partial charge in [-0.15, -0.1) is 0 Å². The van der Waals surface area contributed by atoms with Gasteiger partial charge >= 0.3 is 0 Å². The Morgan fingerprint density at radius 2 is 2.27 bits per heavy atom. The van der Waals surface area contributed by atoms with Gasteiger partial charge in [-0.2, -0.15) is 0 Å². The van der Waals surface area contributed by atoms with Crippen LogP contribution in [0.25, 0.3) is 0 Å². The number of ether oxygens (including phenoxy) is 1. The average Bonchev–Trinajstić information content (AvgIpc) is 3.04. The molecule has 4 nitrogen and oxygen atoms in total. The standard InChI is InChI=1S/C11H22N2O2/c1-13(11(14)3-2-6-12)7-8-15-9-10-4-5-10/h10H,2-9,12H2,1H3. The Kier molecular flexibility index (Phi) is 5.65. The van der Waals surface area contributed by atoms with Crippen LogP contribution in [-0.4, -0.2) is 44.2 Å². The summed E-state index contributed by atoms with van der Waals surface area (Å²) >= 11 is 0. The third-order valence-corrected chi connectivity index (χ3v) is 2.64. The van der Waals surface area contributed by atoms with Crippen LogP contribution in [0.15, 0.2) is 0 Å². The molecule has 88 valence electrons. The second-order valence-electron chi connectivity index (χ2n) is 4.23. The molecule has 2 N–H and O–H groups in total. The first kappa shape index (κ1) is 12.5. The molecule has 0 aliphatic heterocycles. The number of carbonyl (C=O) groups excluding carboxylic acids is 1. The van der Waals surface area contributed by atoms with Crippen LogP contribution in [0.3, 0.4) is 0 Å². The first-order valence-corrected chi connectivity index (χ1v) is 5.76. The Hall–Kier alpha value is -0.610. The molecule has 0 aromatic carbocycles. The molecule has 1 aliphatic rings. The summed E-state index contributed by atoms with van der Waals surface area (Å²) in [5.41, 5.74) is 5.34. The van der Waals surface area contributed by atoms with Crippen LogP contribution in [0, 0.1) is 5.92 Å². The third-order valence-electron chi connectivity index (χ3n) is 2.64. The van der Waals surface area contributed by atoms with E-state index in [2.05, 4.69) is 0 Å². The highest BCUT2D eigenvalue weighted by atomic mass is 16.5. The summed E-state index contributed by atoms with van der Waals surface area (Å²) in [4.78, 5) is 13.2. The first-order chi connectivity index (χ1) is 7.24. The largest absolute Gasteiger partial charge is 0.379 e. The molecule has 4 heteroatoms. The lowest BCUT2D eigenvalue weighted by atomic mass is 10.3. The fourth-order valence-corrected chi connectivity index (χ4v) is 1.30. The summed E-state index contributed by atoms with van der Waals surface area (Å²) < 4.78 is 5.46. The Morgan fingerprint density at radius 1 is 1.53 bits per heavy atom. The number of rotatable bonds is 8. The van der Waals surface area contributed by atoms with Crippen LogP contribution >= 0.6 is 0 Å². The van der Waals surface area contributed by atoms with Gasteiger partial charge in [0.1, 0.15) is 0 Å². The van der Waals surface area contributed by atoms with Gasteiger partial charge in [-0.1, -0.05) is 0 Å². The van der Waals surface area contributed by atoms with Crippen molar-refractivity contribution in [2.75, 3.05) is 33.4 Å². The molecule has 0 saturated heterocycles. The lowest BCUT2D eigenvalue weighted by Gasteiger charge is -2.16. The van der Waals surface area contributed by atoms with Crippen molar-refractivity contribution in [3.05, 3.63) is 0 Å². The Morgan fingerprint density at radius 3 is 2.87 bits per heavy atom. The monoisotopic (exact) mass is 214 g/mol. The Labute approximate surface area is 91.8 Å². The summed E-state index contributed by atoms with van der Waals surface area (Å²) in [6, 6.07) is 0. The molecule has 0 aromatic rings. The topological polar surface area (TPSA) is 55.6 Å². The highest BCUT2D eigenvalue weighted by Crippen LogP contribution is 2.28. The number of amides is 1. The summed E-state index contributed by atoms with van der Waals surface area (Å²) in [5.74, 6) is 0.957. The maximum Gasteiger partial charge on any atom is 0.222 e. The molecule has 1 aliphatic carbocycles. The Bertz CT molecular complexity index is 193. The molecule has 15 heavy (non-hydrogen) atoms. The molecule has 0 radical (unpaired) electrons. The quantitative estimate of drug-likeness (QED) is 0.602. The Balaban J connectivity index is 1.95. The molecular weight excluding hydrogens is 192 g/mol. The zero-order chi connectivity index (χ0) is 11.1. The fraction of sp³-hybridized carbons (Fsp3) is 0.909. The van der Waals surface area contributed by atoms with Crippen LogP contribution < -0.4 is 5.73 Å². The van der Waals surface area contributed by atoms with Gasteiger partial charge in [0.05, 0.1) is 6.61 Å². The van der Waals surface area contributed by atoms with Crippen LogP contribution in [0.1, 0.15) is 25.7 Å². The minimum absolute atomic E-state index is 0.162. The van der Waals surface area contributed by atoms with Crippen molar-refractivity contribution in [1.82, 2.24) is 4.90 Å². The van der Waals surface area contributed by atoms with E-state index in [1.807, 2.05) is 7.05 Å². The van der Waals surface area contributed by atoms with Crippen LogP contribution in [-0.2, 0) is 9.53 Å². The van der Waals surface area contributed by atoms with E-state index < -0.39 is 0 Å². The van der Waals surface area contributed by atoms with Gasteiger partial charge < -0.3 is 15.4 Å². The second kappa shape index (κ2) is 6.80. The van der Waals surface area contributed by atoms with Crippen molar-refractivity contribution in [1.29, 1.82) is 0 Å². The zero-order valence-electron chi connectivity index (χ0n) is 9.58. The van der Waals surface area contributed by atoms with Gasteiger partial charge in [0, 0.05) is 26.6 Å². The molecule has 1 amide bonds. The molecule has 0 atom stereocenters. The van der Waals surface area contributed by atoms with E-state index in [9.17, 15) is 4.79 Å². The molecule has 0 bridgehead atoms. The van der Waals surface area contributed by atoms with E-state index in [-0.39, 0.29) is 5.91 Å². The van der Waals surface area contributed by atoms with E-state index in [0.29, 0.717) is 26.1 Å². The van der Waals surface area contributed by atoms with Gasteiger partial charge in [0.25, 0.3) is 0 Å². The highest BCUT2D eigenvalue weighted by molar-refractivity contribution is 5.75. The maximum absolute atomic E-state index is 11.5. The number of nitrogens with two attached hydrogens (primary N) is 1. The van der Waals surface area contributed by atoms with Crippen LogP contribution in [0.2, 0.25) is 0 Å². The summed E-state index contributed by atoms with van der Waals surface area (Å²) in [6.45, 7) is 2.79. The molecule has 0 aromatic heterocycles. The van der Waals surface area contributed by atoms with Gasteiger partial charge in [-0.25, -0.2) is 0 Å². The molecule has 1 saturated carbocycles. The van der Waals surface area contributed by atoms with Crippen LogP contribution in [0.5, 0.6) is 0 Å². The van der Waals surface area contributed by atoms with Gasteiger partial charge in [0.2, 0.25) is 5.91 Å². The lowest BCUT2D eigenvalue weighted by Crippen LogP contribution is -2.30. The van der Waals surface area contributed by atoms with E-state index in [4.69, 9.17) is 10.5 Å². The lowest BCUT2D eigenvalue weighted by molar-refractivity contribution is -0.130. The molecule has 0 spiro atoms. The van der Waals surface area contributed by atoms with E-state index in [0.717, 1.165) is 18.9 Å². The number of hydrogen-bond acceptors (Lipinski definition) is 3. The predicted molar refractivity (Wildman–Crippen MR) is 59.5 cm³/mol. The van der Waals surface area contributed by atoms with Crippen LogP contribution in [0.4, 0.5) is 0 Å². The normalized spacial score (nSPS) is 15.3. The zero-order valence-corrected chi connectivity index (χ0v) is 9.58.